The maximum atomic E-state index is 12.2. The van der Waals surface area contributed by atoms with Crippen LogP contribution in [0.15, 0.2) is 0 Å². The van der Waals surface area contributed by atoms with Crippen LogP contribution in [0, 0.1) is 17.8 Å². The van der Waals surface area contributed by atoms with Crippen LogP contribution >= 0.6 is 0 Å². The highest BCUT2D eigenvalue weighted by Crippen LogP contribution is 2.26. The van der Waals surface area contributed by atoms with E-state index < -0.39 is 0 Å². The first-order valence-electron chi connectivity index (χ1n) is 8.06. The summed E-state index contributed by atoms with van der Waals surface area (Å²) >= 11 is 0. The molecular weight excluding hydrogens is 238 g/mol. The lowest BCUT2D eigenvalue weighted by Crippen LogP contribution is -2.41. The van der Waals surface area contributed by atoms with Gasteiger partial charge in [-0.25, -0.2) is 4.79 Å². The Labute approximate surface area is 116 Å². The average molecular weight is 265 g/mol. The Morgan fingerprint density at radius 2 is 1.68 bits per heavy atom. The maximum Gasteiger partial charge on any atom is 0.317 e. The van der Waals surface area contributed by atoms with E-state index in [1.165, 1.54) is 38.5 Å². The first kappa shape index (κ1) is 13.2. The van der Waals surface area contributed by atoms with Gasteiger partial charge in [-0.1, -0.05) is 25.7 Å². The van der Waals surface area contributed by atoms with Crippen LogP contribution in [0.1, 0.15) is 38.5 Å². The van der Waals surface area contributed by atoms with Crippen LogP contribution in [0.4, 0.5) is 4.79 Å². The normalized spacial score (nSPS) is 32.1. The fraction of sp³-hybridized carbons (Fsp3) is 0.933. The third-order valence-corrected chi connectivity index (χ3v) is 5.19. The molecule has 2 aliphatic heterocycles. The van der Waals surface area contributed by atoms with Crippen molar-refractivity contribution in [2.45, 2.75) is 38.5 Å². The van der Waals surface area contributed by atoms with Gasteiger partial charge in [0.1, 0.15) is 0 Å². The Kier molecular flexibility index (Phi) is 4.26. The molecule has 4 nitrogen and oxygen atoms in total. The predicted octanol–water partition coefficient (Wildman–Crippen LogP) is 1.82. The summed E-state index contributed by atoms with van der Waals surface area (Å²) in [5, 5.41) is 6.59. The fourth-order valence-electron chi connectivity index (χ4n) is 3.93. The standard InChI is InChI=1S/C15H27N3O/c19-15(17-7-12-5-3-1-2-4-6-12)18-10-13-8-16-9-14(13)11-18/h12-14,16H,1-11H2,(H,17,19)/t13-,14+. The first-order valence-corrected chi connectivity index (χ1v) is 8.06. The van der Waals surface area contributed by atoms with E-state index in [1.54, 1.807) is 0 Å². The number of urea groups is 1. The zero-order valence-corrected chi connectivity index (χ0v) is 11.9. The molecule has 0 spiro atoms. The molecular formula is C15H27N3O. The minimum atomic E-state index is 0.179. The molecule has 0 bridgehead atoms. The van der Waals surface area contributed by atoms with Crippen LogP contribution in [0.5, 0.6) is 0 Å². The second-order valence-electron chi connectivity index (χ2n) is 6.63. The van der Waals surface area contributed by atoms with Gasteiger partial charge < -0.3 is 15.5 Å². The van der Waals surface area contributed by atoms with E-state index in [9.17, 15) is 4.79 Å². The van der Waals surface area contributed by atoms with Crippen molar-refractivity contribution in [3.63, 3.8) is 0 Å². The minimum absolute atomic E-state index is 0.179. The van der Waals surface area contributed by atoms with Gasteiger partial charge in [0.25, 0.3) is 0 Å². The quantitative estimate of drug-likeness (QED) is 0.748. The third-order valence-electron chi connectivity index (χ3n) is 5.19. The number of fused-ring (bicyclic) bond motifs is 1. The molecule has 4 heteroatoms. The lowest BCUT2D eigenvalue weighted by atomic mass is 10.0. The summed E-state index contributed by atoms with van der Waals surface area (Å²) in [7, 11) is 0. The van der Waals surface area contributed by atoms with Crippen molar-refractivity contribution in [2.75, 3.05) is 32.7 Å². The lowest BCUT2D eigenvalue weighted by Gasteiger charge is -2.21. The molecule has 0 aromatic carbocycles. The van der Waals surface area contributed by atoms with E-state index in [2.05, 4.69) is 10.6 Å². The van der Waals surface area contributed by atoms with Gasteiger partial charge in [-0.15, -0.1) is 0 Å². The average Bonchev–Trinajstić information content (AvgIpc) is 2.90. The maximum absolute atomic E-state index is 12.2. The molecule has 2 saturated heterocycles. The second-order valence-corrected chi connectivity index (χ2v) is 6.63. The Balaban J connectivity index is 1.41. The number of carbonyl (C=O) groups is 1. The minimum Gasteiger partial charge on any atom is -0.338 e. The highest BCUT2D eigenvalue weighted by atomic mass is 16.2. The van der Waals surface area contributed by atoms with Crippen molar-refractivity contribution in [3.8, 4) is 0 Å². The van der Waals surface area contributed by atoms with Crippen LogP contribution in [-0.2, 0) is 0 Å². The van der Waals surface area contributed by atoms with Crippen LogP contribution in [-0.4, -0.2) is 43.7 Å². The number of carbonyl (C=O) groups excluding carboxylic acids is 1. The third kappa shape index (κ3) is 3.22. The molecule has 2 amide bonds. The molecule has 1 aliphatic carbocycles. The molecule has 0 radical (unpaired) electrons. The number of amides is 2. The molecule has 3 fully saturated rings. The Morgan fingerprint density at radius 3 is 2.32 bits per heavy atom. The number of nitrogens with one attached hydrogen (secondary N) is 2. The largest absolute Gasteiger partial charge is 0.338 e. The number of hydrogen-bond donors (Lipinski definition) is 2. The van der Waals surface area contributed by atoms with Gasteiger partial charge in [0, 0.05) is 32.7 Å². The smallest absolute Gasteiger partial charge is 0.317 e. The van der Waals surface area contributed by atoms with Crippen molar-refractivity contribution in [1.29, 1.82) is 0 Å². The molecule has 108 valence electrons. The van der Waals surface area contributed by atoms with E-state index in [4.69, 9.17) is 0 Å². The molecule has 2 heterocycles. The highest BCUT2D eigenvalue weighted by Gasteiger charge is 2.38. The van der Waals surface area contributed by atoms with Crippen LogP contribution < -0.4 is 10.6 Å². The molecule has 3 rings (SSSR count). The summed E-state index contributed by atoms with van der Waals surface area (Å²) in [6.07, 6.45) is 8.06. The number of likely N-dealkylation sites (tertiary alicyclic amines) is 1. The van der Waals surface area contributed by atoms with Crippen LogP contribution in [0.2, 0.25) is 0 Å². The molecule has 0 aromatic heterocycles. The van der Waals surface area contributed by atoms with Gasteiger partial charge >= 0.3 is 6.03 Å². The summed E-state index contributed by atoms with van der Waals surface area (Å²) in [4.78, 5) is 14.2. The lowest BCUT2D eigenvalue weighted by molar-refractivity contribution is 0.202. The van der Waals surface area contributed by atoms with Gasteiger partial charge in [0.05, 0.1) is 0 Å². The Morgan fingerprint density at radius 1 is 1.05 bits per heavy atom. The zero-order chi connectivity index (χ0) is 13.1. The molecule has 3 aliphatic rings. The summed E-state index contributed by atoms with van der Waals surface area (Å²) in [6.45, 7) is 4.99. The molecule has 0 aromatic rings. The first-order chi connectivity index (χ1) is 9.33. The topological polar surface area (TPSA) is 44.4 Å². The summed E-state index contributed by atoms with van der Waals surface area (Å²) in [6, 6.07) is 0.179. The second kappa shape index (κ2) is 6.12. The van der Waals surface area contributed by atoms with Gasteiger partial charge in [-0.05, 0) is 30.6 Å². The van der Waals surface area contributed by atoms with Crippen molar-refractivity contribution >= 4 is 6.03 Å². The van der Waals surface area contributed by atoms with Crippen LogP contribution in [0.3, 0.4) is 0 Å². The van der Waals surface area contributed by atoms with E-state index >= 15 is 0 Å². The van der Waals surface area contributed by atoms with Gasteiger partial charge in [-0.2, -0.15) is 0 Å². The van der Waals surface area contributed by atoms with Gasteiger partial charge in [0.15, 0.2) is 0 Å². The molecule has 0 unspecified atom stereocenters. The van der Waals surface area contributed by atoms with E-state index in [1.807, 2.05) is 4.90 Å². The molecule has 2 atom stereocenters. The van der Waals surface area contributed by atoms with Crippen molar-refractivity contribution in [3.05, 3.63) is 0 Å². The van der Waals surface area contributed by atoms with Gasteiger partial charge in [0.2, 0.25) is 0 Å². The Bertz CT molecular complexity index is 301. The van der Waals surface area contributed by atoms with Gasteiger partial charge in [-0.3, -0.25) is 0 Å². The molecule has 1 saturated carbocycles. The van der Waals surface area contributed by atoms with Crippen LogP contribution in [0.25, 0.3) is 0 Å². The fourth-order valence-corrected chi connectivity index (χ4v) is 3.93. The zero-order valence-electron chi connectivity index (χ0n) is 11.9. The predicted molar refractivity (Wildman–Crippen MR) is 76.0 cm³/mol. The van der Waals surface area contributed by atoms with Crippen molar-refractivity contribution in [2.24, 2.45) is 17.8 Å². The molecule has 2 N–H and O–H groups in total. The summed E-state index contributed by atoms with van der Waals surface area (Å²) < 4.78 is 0. The summed E-state index contributed by atoms with van der Waals surface area (Å²) in [5.41, 5.74) is 0. The Hall–Kier alpha value is -0.770. The highest BCUT2D eigenvalue weighted by molar-refractivity contribution is 5.74. The van der Waals surface area contributed by atoms with Crippen molar-refractivity contribution < 1.29 is 4.79 Å². The monoisotopic (exact) mass is 265 g/mol. The summed E-state index contributed by atoms with van der Waals surface area (Å²) in [5.74, 6) is 2.11. The van der Waals surface area contributed by atoms with E-state index in [-0.39, 0.29) is 6.03 Å². The SMILES string of the molecule is O=C(NCC1CCCCCC1)N1C[C@H]2CNC[C@H]2C1. The van der Waals surface area contributed by atoms with E-state index in [0.717, 1.165) is 38.6 Å². The number of rotatable bonds is 2. The van der Waals surface area contributed by atoms with Crippen molar-refractivity contribution in [1.82, 2.24) is 15.5 Å². The van der Waals surface area contributed by atoms with E-state index in [0.29, 0.717) is 11.8 Å². The number of nitrogens with zero attached hydrogens (tertiary/aromatic N) is 1. The molecule has 19 heavy (non-hydrogen) atoms. The number of hydrogen-bond acceptors (Lipinski definition) is 2.